The summed E-state index contributed by atoms with van der Waals surface area (Å²) in [5.41, 5.74) is 7.52. The number of hydrogen-bond donors (Lipinski definition) is 5. The van der Waals surface area contributed by atoms with Crippen molar-refractivity contribution in [3.05, 3.63) is 52.6 Å². The normalized spacial score (nSPS) is 14.7. The van der Waals surface area contributed by atoms with Crippen LogP contribution in [0.2, 0.25) is 0 Å². The Kier molecular flexibility index (Phi) is 17.0. The van der Waals surface area contributed by atoms with Crippen LogP contribution in [0.3, 0.4) is 0 Å². The minimum absolute atomic E-state index is 0.0810. The Morgan fingerprint density at radius 2 is 1.62 bits per heavy atom. The Hall–Kier alpha value is -3.15. The van der Waals surface area contributed by atoms with Crippen LogP contribution >= 0.6 is 0 Å². The molecule has 0 aliphatic heterocycles. The van der Waals surface area contributed by atoms with Crippen molar-refractivity contribution >= 4 is 43.1 Å². The summed E-state index contributed by atoms with van der Waals surface area (Å²) >= 11 is 0. The van der Waals surface area contributed by atoms with E-state index < -0.39 is 73.3 Å². The molecule has 0 aromatic heterocycles. The van der Waals surface area contributed by atoms with Crippen LogP contribution in [-0.2, 0) is 55.7 Å². The Balaban J connectivity index is 3.27. The maximum absolute atomic E-state index is 13.5. The highest BCUT2D eigenvalue weighted by molar-refractivity contribution is 7.81. The van der Waals surface area contributed by atoms with Crippen molar-refractivity contribution in [2.24, 2.45) is 5.73 Å². The number of rotatable bonds is 21. The topological polar surface area (TPSA) is 270 Å². The van der Waals surface area contributed by atoms with E-state index >= 15 is 0 Å². The second-order valence-corrected chi connectivity index (χ2v) is 15.8. The van der Waals surface area contributed by atoms with Crippen LogP contribution < -0.4 is 9.92 Å². The van der Waals surface area contributed by atoms with Crippen molar-refractivity contribution in [3.8, 4) is 5.75 Å². The fourth-order valence-electron chi connectivity index (χ4n) is 4.64. The molecule has 0 heterocycles. The lowest BCUT2D eigenvalue weighted by Gasteiger charge is -2.34. The van der Waals surface area contributed by atoms with Crippen LogP contribution in [0, 0.1) is 5.41 Å². The minimum atomic E-state index is -5.22. The first-order chi connectivity index (χ1) is 22.7. The molecule has 3 atom stereocenters. The van der Waals surface area contributed by atoms with Crippen molar-refractivity contribution in [1.29, 1.82) is 5.41 Å². The number of guanidine groups is 1. The third kappa shape index (κ3) is 18.2. The quantitative estimate of drug-likeness (QED) is 0.0300. The minimum Gasteiger partial charge on any atom is -0.455 e. The average molecular weight is 774 g/mol. The lowest BCUT2D eigenvalue weighted by Crippen LogP contribution is -2.51. The van der Waals surface area contributed by atoms with Gasteiger partial charge < -0.3 is 24.0 Å². The van der Waals surface area contributed by atoms with Gasteiger partial charge in [-0.1, -0.05) is 29.4 Å². The van der Waals surface area contributed by atoms with Crippen LogP contribution in [0.25, 0.3) is 0 Å². The van der Waals surface area contributed by atoms with Gasteiger partial charge in [-0.15, -0.1) is 0 Å². The Labute approximate surface area is 294 Å². The molecule has 0 saturated heterocycles. The maximum atomic E-state index is 13.5. The lowest BCUT2D eigenvalue weighted by molar-refractivity contribution is -0.887. The summed E-state index contributed by atoms with van der Waals surface area (Å²) in [7, 11) is -10.2. The van der Waals surface area contributed by atoms with Crippen molar-refractivity contribution in [2.45, 2.75) is 78.2 Å². The van der Waals surface area contributed by atoms with E-state index in [4.69, 9.17) is 29.2 Å². The average Bonchev–Trinajstić information content (AvgIpc) is 2.92. The Morgan fingerprint density at radius 1 is 1.00 bits per heavy atom. The van der Waals surface area contributed by atoms with Crippen LogP contribution in [0.5, 0.6) is 5.75 Å². The van der Waals surface area contributed by atoms with Gasteiger partial charge in [0.2, 0.25) is 0 Å². The zero-order valence-corrected chi connectivity index (χ0v) is 31.5. The Bertz CT molecular complexity index is 1720. The highest BCUT2D eigenvalue weighted by atomic mass is 32.3. The standard InChI is InChI=1S/C29H48N4O14S3/c1-20(2)10-8-11-21(3)15-17-32(29(30)31)16-9-12-25(33(5,6)7)28(34)45-22(4)27(47-50(41,42)43)23-13-14-26(46-49(38,39)40)24(18-23)19-44-48(35,36)37/h10,13-15,18,22,25,27H,8-9,11-12,16-17,19H2,1-7H3,(H5-,30,31,35,36,37,38,39,40,41,42,43)/p+1. The molecule has 0 fully saturated rings. The molecule has 0 radical (unpaired) electrons. The molecule has 0 aliphatic carbocycles. The van der Waals surface area contributed by atoms with Crippen molar-refractivity contribution in [1.82, 2.24) is 4.90 Å². The summed E-state index contributed by atoms with van der Waals surface area (Å²) in [5, 5.41) is 7.99. The number of nitrogens with two attached hydrogens (primary N) is 1. The molecule has 50 heavy (non-hydrogen) atoms. The molecule has 0 bridgehead atoms. The summed E-state index contributed by atoms with van der Waals surface area (Å²) in [6.07, 6.45) is 3.31. The molecule has 0 spiro atoms. The molecule has 21 heteroatoms. The fourth-order valence-corrected chi connectivity index (χ4v) is 5.84. The van der Waals surface area contributed by atoms with E-state index in [1.807, 2.05) is 26.8 Å². The molecule has 286 valence electrons. The molecule has 3 unspecified atom stereocenters. The summed E-state index contributed by atoms with van der Waals surface area (Å²) in [5.74, 6) is -1.59. The van der Waals surface area contributed by atoms with Gasteiger partial charge in [0.25, 0.3) is 0 Å². The van der Waals surface area contributed by atoms with Crippen LogP contribution in [0.15, 0.2) is 41.5 Å². The first kappa shape index (κ1) is 44.9. The van der Waals surface area contributed by atoms with E-state index in [0.717, 1.165) is 36.6 Å². The zero-order valence-electron chi connectivity index (χ0n) is 29.1. The molecule has 6 N–H and O–H groups in total. The van der Waals surface area contributed by atoms with E-state index in [9.17, 15) is 34.6 Å². The van der Waals surface area contributed by atoms with Gasteiger partial charge in [0, 0.05) is 25.1 Å². The van der Waals surface area contributed by atoms with Crippen molar-refractivity contribution < 1.29 is 65.5 Å². The van der Waals surface area contributed by atoms with Gasteiger partial charge in [0.05, 0.1) is 27.7 Å². The zero-order chi connectivity index (χ0) is 38.7. The molecule has 0 aliphatic rings. The van der Waals surface area contributed by atoms with E-state index in [1.165, 1.54) is 12.5 Å². The van der Waals surface area contributed by atoms with Gasteiger partial charge in [-0.2, -0.15) is 25.3 Å². The van der Waals surface area contributed by atoms with Crippen LogP contribution in [-0.4, -0.2) is 107 Å². The predicted molar refractivity (Wildman–Crippen MR) is 183 cm³/mol. The molecule has 1 rings (SSSR count). The number of hydrogen-bond acceptors (Lipinski definition) is 12. The predicted octanol–water partition coefficient (Wildman–Crippen LogP) is 2.72. The Morgan fingerprint density at radius 3 is 2.12 bits per heavy atom. The first-order valence-corrected chi connectivity index (χ1v) is 19.2. The van der Waals surface area contributed by atoms with Gasteiger partial charge in [-0.3, -0.25) is 19.1 Å². The molecule has 1 aromatic carbocycles. The summed E-state index contributed by atoms with van der Waals surface area (Å²) < 4.78 is 115. The van der Waals surface area contributed by atoms with Gasteiger partial charge in [0.15, 0.2) is 17.8 Å². The third-order valence-corrected chi connectivity index (χ3v) is 8.39. The monoisotopic (exact) mass is 773 g/mol. The second-order valence-electron chi connectivity index (χ2n) is 12.6. The number of carbonyl (C=O) groups excluding carboxylic acids is 1. The van der Waals surface area contributed by atoms with Crippen LogP contribution in [0.1, 0.15) is 70.6 Å². The number of nitrogens with zero attached hydrogens (tertiary/aromatic N) is 2. The summed E-state index contributed by atoms with van der Waals surface area (Å²) in [6, 6.07) is 2.01. The summed E-state index contributed by atoms with van der Waals surface area (Å²) in [4.78, 5) is 15.2. The van der Waals surface area contributed by atoms with Crippen molar-refractivity contribution in [2.75, 3.05) is 34.2 Å². The largest absolute Gasteiger partial charge is 0.455 e. The maximum Gasteiger partial charge on any atom is 0.446 e. The molecule has 1 aromatic rings. The lowest BCUT2D eigenvalue weighted by atomic mass is 10.0. The molecule has 0 saturated carbocycles. The van der Waals surface area contributed by atoms with E-state index in [0.29, 0.717) is 19.5 Å². The van der Waals surface area contributed by atoms with Gasteiger partial charge in [-0.05, 0) is 64.7 Å². The van der Waals surface area contributed by atoms with E-state index in [1.54, 1.807) is 26.0 Å². The molecular weight excluding hydrogens is 725 g/mol. The number of quaternary nitrogens is 1. The third-order valence-electron chi connectivity index (χ3n) is 7.13. The molecular formula is C29H49N4O14S3+. The molecule has 18 nitrogen and oxygen atoms in total. The number of esters is 1. The highest BCUT2D eigenvalue weighted by Gasteiger charge is 2.37. The van der Waals surface area contributed by atoms with Gasteiger partial charge in [0.1, 0.15) is 12.2 Å². The van der Waals surface area contributed by atoms with Gasteiger partial charge >= 0.3 is 37.2 Å². The SMILES string of the molecule is CC(C)=CCCC(C)=CCN(CCCC(C(=O)OC(C)C(OS(=O)(=O)O)c1ccc(OS(=O)(=O)O)c(COS(=O)(=O)O)c1)[N+](C)(C)C)C(=N)N. The number of nitrogens with one attached hydrogen (secondary N) is 1. The number of ether oxygens (including phenoxy) is 1. The number of benzene rings is 1. The number of likely N-dealkylation sites (N-methyl/N-ethyl adjacent to an activating group) is 1. The molecule has 0 amide bonds. The van der Waals surface area contributed by atoms with Gasteiger partial charge in [-0.25, -0.2) is 13.2 Å². The van der Waals surface area contributed by atoms with E-state index in [2.05, 4.69) is 14.4 Å². The summed E-state index contributed by atoms with van der Waals surface area (Å²) in [6.45, 7) is 6.98. The van der Waals surface area contributed by atoms with E-state index in [-0.39, 0.29) is 22.4 Å². The smallest absolute Gasteiger partial charge is 0.446 e. The van der Waals surface area contributed by atoms with Crippen molar-refractivity contribution in [3.63, 3.8) is 0 Å². The highest BCUT2D eigenvalue weighted by Crippen LogP contribution is 2.32. The second kappa shape index (κ2) is 18.9. The fraction of sp³-hybridized carbons (Fsp3) is 0.586. The number of carbonyl (C=O) groups is 1. The van der Waals surface area contributed by atoms with Crippen LogP contribution in [0.4, 0.5) is 0 Å². The first-order valence-electron chi connectivity index (χ1n) is 15.2. The number of allylic oxidation sites excluding steroid dienone is 3.